The Kier molecular flexibility index (Phi) is 1.44. The van der Waals surface area contributed by atoms with Crippen LogP contribution in [0.3, 0.4) is 0 Å². The van der Waals surface area contributed by atoms with E-state index in [2.05, 4.69) is 0 Å². The summed E-state index contributed by atoms with van der Waals surface area (Å²) in [5, 5.41) is 3.54. The summed E-state index contributed by atoms with van der Waals surface area (Å²) in [4.78, 5) is 10.3. The van der Waals surface area contributed by atoms with E-state index >= 15 is 0 Å². The molecular formula is C6H4OS. The van der Waals surface area contributed by atoms with Crippen LogP contribution in [0.5, 0.6) is 0 Å². The van der Waals surface area contributed by atoms with Gasteiger partial charge in [0.15, 0.2) is 5.78 Å². The first-order valence-corrected chi connectivity index (χ1v) is 3.07. The second-order valence-electron chi connectivity index (χ2n) is 1.38. The Balaban J connectivity index is 2.93. The molecule has 8 heavy (non-hydrogen) atoms. The van der Waals surface area contributed by atoms with E-state index in [0.717, 1.165) is 0 Å². The predicted octanol–water partition coefficient (Wildman–Crippen LogP) is 1.64. The third-order valence-electron chi connectivity index (χ3n) is 0.806. The maximum absolute atomic E-state index is 10.3. The van der Waals surface area contributed by atoms with E-state index in [-0.39, 0.29) is 5.78 Å². The van der Waals surface area contributed by atoms with Crippen molar-refractivity contribution in [2.75, 3.05) is 0 Å². The zero-order valence-corrected chi connectivity index (χ0v) is 4.94. The SMILES string of the molecule is [CH]C(=O)c1ccsc1. The molecule has 2 radical (unpaired) electrons. The minimum atomic E-state index is -0.355. The van der Waals surface area contributed by atoms with Gasteiger partial charge in [-0.05, 0) is 11.4 Å². The van der Waals surface area contributed by atoms with Crippen LogP contribution >= 0.6 is 11.3 Å². The molecule has 0 saturated heterocycles. The highest BCUT2D eigenvalue weighted by Crippen LogP contribution is 2.05. The fourth-order valence-electron chi connectivity index (χ4n) is 0.405. The molecule has 1 heterocycles. The van der Waals surface area contributed by atoms with Gasteiger partial charge in [-0.1, -0.05) is 0 Å². The number of Topliss-reactive ketones (excluding diaryl/α,β-unsaturated/α-hetero) is 1. The molecule has 2 heteroatoms. The highest BCUT2D eigenvalue weighted by Gasteiger charge is 1.95. The van der Waals surface area contributed by atoms with Gasteiger partial charge < -0.3 is 0 Å². The number of ketones is 1. The lowest BCUT2D eigenvalue weighted by Gasteiger charge is -1.79. The number of carbonyl (C=O) groups excluding carboxylic acids is 1. The molecule has 40 valence electrons. The van der Waals surface area contributed by atoms with Gasteiger partial charge in [0.1, 0.15) is 0 Å². The fourth-order valence-corrected chi connectivity index (χ4v) is 1.05. The van der Waals surface area contributed by atoms with Crippen molar-refractivity contribution in [3.63, 3.8) is 0 Å². The minimum Gasteiger partial charge on any atom is -0.294 e. The topological polar surface area (TPSA) is 17.1 Å². The second kappa shape index (κ2) is 2.09. The number of carbonyl (C=O) groups is 1. The summed E-state index contributed by atoms with van der Waals surface area (Å²) >= 11 is 1.47. The van der Waals surface area contributed by atoms with Crippen molar-refractivity contribution in [3.05, 3.63) is 29.3 Å². The third kappa shape index (κ3) is 0.954. The predicted molar refractivity (Wildman–Crippen MR) is 32.9 cm³/mol. The van der Waals surface area contributed by atoms with Gasteiger partial charge in [-0.2, -0.15) is 11.3 Å². The molecule has 0 N–H and O–H groups in total. The first kappa shape index (κ1) is 5.51. The van der Waals surface area contributed by atoms with Crippen LogP contribution in [0.25, 0.3) is 0 Å². The summed E-state index contributed by atoms with van der Waals surface area (Å²) < 4.78 is 0. The van der Waals surface area contributed by atoms with E-state index in [9.17, 15) is 4.79 Å². The van der Waals surface area contributed by atoms with Crippen molar-refractivity contribution in [2.45, 2.75) is 0 Å². The molecule has 0 fully saturated rings. The molecule has 1 rings (SSSR count). The van der Waals surface area contributed by atoms with Gasteiger partial charge in [0.2, 0.25) is 0 Å². The minimum absolute atomic E-state index is 0.355. The van der Waals surface area contributed by atoms with E-state index in [1.807, 2.05) is 5.38 Å². The summed E-state index contributed by atoms with van der Waals surface area (Å²) in [6.07, 6.45) is 0. The highest BCUT2D eigenvalue weighted by molar-refractivity contribution is 7.08. The molecule has 0 aliphatic carbocycles. The molecule has 0 aromatic carbocycles. The molecule has 0 spiro atoms. The smallest absolute Gasteiger partial charge is 0.168 e. The number of hydrogen-bond donors (Lipinski definition) is 0. The summed E-state index contributed by atoms with van der Waals surface area (Å²) in [7, 11) is 0. The highest BCUT2D eigenvalue weighted by atomic mass is 32.1. The Morgan fingerprint density at radius 3 is 2.75 bits per heavy atom. The standard InChI is InChI=1S/C6H4OS/c1-5(7)6-2-3-8-4-6/h1-4H. The Morgan fingerprint density at radius 1 is 1.75 bits per heavy atom. The van der Waals surface area contributed by atoms with Crippen molar-refractivity contribution in [3.8, 4) is 0 Å². The van der Waals surface area contributed by atoms with Crippen LogP contribution in [-0.2, 0) is 0 Å². The van der Waals surface area contributed by atoms with Crippen LogP contribution in [0.2, 0.25) is 0 Å². The van der Waals surface area contributed by atoms with Gasteiger partial charge in [-0.25, -0.2) is 0 Å². The fraction of sp³-hybridized carbons (Fsp3) is 0. The number of hydrogen-bond acceptors (Lipinski definition) is 2. The van der Waals surface area contributed by atoms with Gasteiger partial charge in [0.25, 0.3) is 0 Å². The summed E-state index contributed by atoms with van der Waals surface area (Å²) in [6, 6.07) is 1.70. The van der Waals surface area contributed by atoms with E-state index in [1.54, 1.807) is 11.4 Å². The van der Waals surface area contributed by atoms with Crippen molar-refractivity contribution in [1.29, 1.82) is 0 Å². The molecule has 0 bridgehead atoms. The second-order valence-corrected chi connectivity index (χ2v) is 2.16. The first-order valence-electron chi connectivity index (χ1n) is 2.12. The molecule has 0 amide bonds. The van der Waals surface area contributed by atoms with Gasteiger partial charge in [0.05, 0.1) is 0 Å². The average Bonchev–Trinajstić information content (AvgIpc) is 2.12. The van der Waals surface area contributed by atoms with Crippen LogP contribution in [0.1, 0.15) is 10.4 Å². The lowest BCUT2D eigenvalue weighted by Crippen LogP contribution is -1.85. The summed E-state index contributed by atoms with van der Waals surface area (Å²) in [5.41, 5.74) is 0.593. The monoisotopic (exact) mass is 124 g/mol. The lowest BCUT2D eigenvalue weighted by atomic mass is 10.2. The lowest BCUT2D eigenvalue weighted by molar-refractivity contribution is 0.104. The van der Waals surface area contributed by atoms with Crippen molar-refractivity contribution in [1.82, 2.24) is 0 Å². The molecule has 0 aliphatic rings. The third-order valence-corrected chi connectivity index (χ3v) is 1.49. The van der Waals surface area contributed by atoms with Gasteiger partial charge in [-0.3, -0.25) is 4.79 Å². The van der Waals surface area contributed by atoms with E-state index in [4.69, 9.17) is 6.92 Å². The van der Waals surface area contributed by atoms with Crippen molar-refractivity contribution >= 4 is 17.1 Å². The van der Waals surface area contributed by atoms with Crippen LogP contribution < -0.4 is 0 Å². The molecule has 1 aromatic rings. The number of thiophene rings is 1. The Bertz CT molecular complexity index is 176. The summed E-state index contributed by atoms with van der Waals surface area (Å²) in [5.74, 6) is -0.355. The molecular weight excluding hydrogens is 120 g/mol. The normalized spacial score (nSPS) is 9.12. The zero-order valence-electron chi connectivity index (χ0n) is 4.13. The van der Waals surface area contributed by atoms with Crippen LogP contribution in [0.4, 0.5) is 0 Å². The van der Waals surface area contributed by atoms with Crippen LogP contribution in [-0.4, -0.2) is 5.78 Å². The zero-order chi connectivity index (χ0) is 5.98. The van der Waals surface area contributed by atoms with E-state index in [0.29, 0.717) is 5.56 Å². The molecule has 0 atom stereocenters. The molecule has 1 nitrogen and oxygen atoms in total. The van der Waals surface area contributed by atoms with E-state index in [1.165, 1.54) is 11.3 Å². The van der Waals surface area contributed by atoms with Crippen molar-refractivity contribution < 1.29 is 4.79 Å². The average molecular weight is 124 g/mol. The largest absolute Gasteiger partial charge is 0.294 e. The van der Waals surface area contributed by atoms with E-state index < -0.39 is 0 Å². The molecule has 0 unspecified atom stereocenters. The van der Waals surface area contributed by atoms with Gasteiger partial charge >= 0.3 is 0 Å². The Labute approximate surface area is 52.0 Å². The first-order chi connectivity index (χ1) is 3.80. The quantitative estimate of drug-likeness (QED) is 0.520. The van der Waals surface area contributed by atoms with Gasteiger partial charge in [-0.15, -0.1) is 0 Å². The maximum atomic E-state index is 10.3. The maximum Gasteiger partial charge on any atom is 0.168 e. The Hall–Kier alpha value is -0.630. The number of rotatable bonds is 1. The van der Waals surface area contributed by atoms with Crippen LogP contribution in [0.15, 0.2) is 16.8 Å². The van der Waals surface area contributed by atoms with Crippen molar-refractivity contribution in [2.24, 2.45) is 0 Å². The summed E-state index contributed by atoms with van der Waals surface area (Å²) in [6.45, 7) is 4.93. The molecule has 0 saturated carbocycles. The molecule has 0 aliphatic heterocycles. The Morgan fingerprint density at radius 2 is 2.50 bits per heavy atom. The van der Waals surface area contributed by atoms with Gasteiger partial charge in [0, 0.05) is 17.9 Å². The molecule has 1 aromatic heterocycles. The van der Waals surface area contributed by atoms with Crippen LogP contribution in [0, 0.1) is 6.92 Å².